The zero-order valence-corrected chi connectivity index (χ0v) is 16.5. The predicted molar refractivity (Wildman–Crippen MR) is 110 cm³/mol. The molecule has 2 aromatic heterocycles. The summed E-state index contributed by atoms with van der Waals surface area (Å²) in [5, 5.41) is 4.65. The Hall–Kier alpha value is -2.50. The van der Waals surface area contributed by atoms with Crippen molar-refractivity contribution in [1.29, 1.82) is 0 Å². The lowest BCUT2D eigenvalue weighted by atomic mass is 10.2. The fourth-order valence-electron chi connectivity index (χ4n) is 3.78. The van der Waals surface area contributed by atoms with E-state index in [4.69, 9.17) is 4.74 Å². The van der Waals surface area contributed by atoms with E-state index in [0.717, 1.165) is 51.3 Å². The van der Waals surface area contributed by atoms with Crippen molar-refractivity contribution in [2.24, 2.45) is 0 Å². The molecule has 0 unspecified atom stereocenters. The van der Waals surface area contributed by atoms with Gasteiger partial charge in [0.05, 0.1) is 24.5 Å². The minimum atomic E-state index is 0.323. The van der Waals surface area contributed by atoms with Crippen molar-refractivity contribution >= 4 is 0 Å². The molecule has 0 radical (unpaired) electrons. The Bertz CT molecular complexity index is 857. The molecule has 28 heavy (non-hydrogen) atoms. The van der Waals surface area contributed by atoms with Crippen LogP contribution in [0.1, 0.15) is 35.4 Å². The highest BCUT2D eigenvalue weighted by Gasteiger charge is 2.21. The first-order valence-electron chi connectivity index (χ1n) is 10.1. The van der Waals surface area contributed by atoms with Crippen LogP contribution in [-0.2, 0) is 24.4 Å². The van der Waals surface area contributed by atoms with Gasteiger partial charge in [0.2, 0.25) is 0 Å². The summed E-state index contributed by atoms with van der Waals surface area (Å²) in [6.45, 7) is 6.46. The molecular weight excluding hydrogens is 348 g/mol. The van der Waals surface area contributed by atoms with Gasteiger partial charge in [-0.25, -0.2) is 0 Å². The molecule has 1 atom stereocenters. The Balaban J connectivity index is 1.47. The zero-order valence-electron chi connectivity index (χ0n) is 16.5. The Morgan fingerprint density at radius 3 is 2.71 bits per heavy atom. The van der Waals surface area contributed by atoms with Gasteiger partial charge in [-0.1, -0.05) is 36.4 Å². The van der Waals surface area contributed by atoms with E-state index in [2.05, 4.69) is 63.0 Å². The van der Waals surface area contributed by atoms with Crippen LogP contribution in [0.4, 0.5) is 0 Å². The maximum absolute atomic E-state index is 5.89. The number of benzene rings is 1. The van der Waals surface area contributed by atoms with E-state index in [0.29, 0.717) is 6.10 Å². The molecule has 3 heterocycles. The number of pyridine rings is 1. The number of rotatable bonds is 8. The monoisotopic (exact) mass is 376 g/mol. The van der Waals surface area contributed by atoms with Crippen molar-refractivity contribution in [1.82, 2.24) is 19.7 Å². The first kappa shape index (κ1) is 18.8. The highest BCUT2D eigenvalue weighted by molar-refractivity contribution is 5.20. The van der Waals surface area contributed by atoms with Gasteiger partial charge in [-0.05, 0) is 37.5 Å². The van der Waals surface area contributed by atoms with E-state index in [1.165, 1.54) is 16.8 Å². The van der Waals surface area contributed by atoms with Gasteiger partial charge in [0, 0.05) is 43.7 Å². The summed E-state index contributed by atoms with van der Waals surface area (Å²) in [6.07, 6.45) is 6.51. The highest BCUT2D eigenvalue weighted by Crippen LogP contribution is 2.18. The fraction of sp³-hybridized carbons (Fsp3) is 0.391. The molecule has 0 amide bonds. The second-order valence-electron chi connectivity index (χ2n) is 7.52. The van der Waals surface area contributed by atoms with Crippen LogP contribution >= 0.6 is 0 Å². The van der Waals surface area contributed by atoms with Crippen molar-refractivity contribution in [3.05, 3.63) is 83.4 Å². The van der Waals surface area contributed by atoms with Gasteiger partial charge in [0.15, 0.2) is 0 Å². The zero-order chi connectivity index (χ0) is 19.2. The third kappa shape index (κ3) is 4.86. The molecule has 5 heteroatoms. The summed E-state index contributed by atoms with van der Waals surface area (Å²) in [6, 6.07) is 16.6. The highest BCUT2D eigenvalue weighted by atomic mass is 16.5. The summed E-state index contributed by atoms with van der Waals surface area (Å²) >= 11 is 0. The molecule has 3 aromatic rings. The molecule has 0 spiro atoms. The third-order valence-electron chi connectivity index (χ3n) is 5.37. The summed E-state index contributed by atoms with van der Waals surface area (Å²) in [5.41, 5.74) is 4.85. The van der Waals surface area contributed by atoms with Crippen LogP contribution < -0.4 is 0 Å². The molecule has 1 fully saturated rings. The van der Waals surface area contributed by atoms with E-state index >= 15 is 0 Å². The molecule has 0 bridgehead atoms. The van der Waals surface area contributed by atoms with E-state index < -0.39 is 0 Å². The predicted octanol–water partition coefficient (Wildman–Crippen LogP) is 3.82. The van der Waals surface area contributed by atoms with Crippen LogP contribution in [-0.4, -0.2) is 38.9 Å². The molecule has 1 saturated heterocycles. The van der Waals surface area contributed by atoms with Crippen molar-refractivity contribution in [2.75, 3.05) is 13.2 Å². The molecule has 146 valence electrons. The van der Waals surface area contributed by atoms with Gasteiger partial charge < -0.3 is 4.74 Å². The normalized spacial score (nSPS) is 16.7. The summed E-state index contributed by atoms with van der Waals surface area (Å²) in [4.78, 5) is 6.95. The van der Waals surface area contributed by atoms with E-state index in [1.54, 1.807) is 0 Å². The van der Waals surface area contributed by atoms with Gasteiger partial charge in [0.25, 0.3) is 0 Å². The lowest BCUT2D eigenvalue weighted by molar-refractivity contribution is 0.0674. The van der Waals surface area contributed by atoms with Gasteiger partial charge in [-0.15, -0.1) is 0 Å². The van der Waals surface area contributed by atoms with Gasteiger partial charge in [-0.2, -0.15) is 5.10 Å². The molecule has 0 saturated carbocycles. The van der Waals surface area contributed by atoms with Gasteiger partial charge >= 0.3 is 0 Å². The molecule has 1 aromatic carbocycles. The largest absolute Gasteiger partial charge is 0.377 e. The average Bonchev–Trinajstić information content (AvgIpc) is 3.35. The van der Waals surface area contributed by atoms with Crippen molar-refractivity contribution in [3.8, 4) is 0 Å². The van der Waals surface area contributed by atoms with Crippen LogP contribution in [0.25, 0.3) is 0 Å². The van der Waals surface area contributed by atoms with Crippen molar-refractivity contribution in [3.63, 3.8) is 0 Å². The number of nitrogens with zero attached hydrogens (tertiary/aromatic N) is 4. The standard InChI is InChI=1S/C23H28N4O/c1-19-21(14-25-27(19)15-20-8-3-2-4-9-20)16-26(18-23-11-7-13-28-23)17-22-10-5-6-12-24-22/h2-6,8-10,12,14,23H,7,11,13,15-18H2,1H3/t23-/m1/s1. The van der Waals surface area contributed by atoms with Gasteiger partial charge in [-0.3, -0.25) is 14.6 Å². The molecule has 1 aliphatic heterocycles. The molecule has 1 aliphatic rings. The molecule has 0 aliphatic carbocycles. The summed E-state index contributed by atoms with van der Waals surface area (Å²) in [5.74, 6) is 0. The second-order valence-corrected chi connectivity index (χ2v) is 7.52. The quantitative estimate of drug-likeness (QED) is 0.599. The minimum Gasteiger partial charge on any atom is -0.377 e. The van der Waals surface area contributed by atoms with E-state index in [1.807, 2.05) is 24.5 Å². The van der Waals surface area contributed by atoms with E-state index in [-0.39, 0.29) is 0 Å². The SMILES string of the molecule is Cc1c(CN(Cc2ccccn2)C[C@H]2CCCO2)cnn1Cc1ccccc1. The Kier molecular flexibility index (Phi) is 6.14. The smallest absolute Gasteiger partial charge is 0.0703 e. The molecular formula is C23H28N4O. The molecule has 0 N–H and O–H groups in total. The van der Waals surface area contributed by atoms with Crippen LogP contribution in [0.5, 0.6) is 0 Å². The Morgan fingerprint density at radius 1 is 1.11 bits per heavy atom. The number of aromatic nitrogens is 3. The number of ether oxygens (including phenoxy) is 1. The summed E-state index contributed by atoms with van der Waals surface area (Å²) in [7, 11) is 0. The van der Waals surface area contributed by atoms with Crippen LogP contribution in [0, 0.1) is 6.92 Å². The van der Waals surface area contributed by atoms with Crippen molar-refractivity contribution < 1.29 is 4.74 Å². The van der Waals surface area contributed by atoms with Crippen LogP contribution in [0.15, 0.2) is 60.9 Å². The third-order valence-corrected chi connectivity index (χ3v) is 5.37. The summed E-state index contributed by atoms with van der Waals surface area (Å²) < 4.78 is 7.98. The number of hydrogen-bond donors (Lipinski definition) is 0. The minimum absolute atomic E-state index is 0.323. The first-order chi connectivity index (χ1) is 13.8. The molecule has 5 nitrogen and oxygen atoms in total. The van der Waals surface area contributed by atoms with Gasteiger partial charge in [0.1, 0.15) is 0 Å². The lowest BCUT2D eigenvalue weighted by Crippen LogP contribution is -2.32. The Morgan fingerprint density at radius 2 is 1.96 bits per heavy atom. The van der Waals surface area contributed by atoms with E-state index in [9.17, 15) is 0 Å². The van der Waals surface area contributed by atoms with Crippen LogP contribution in [0.3, 0.4) is 0 Å². The first-order valence-corrected chi connectivity index (χ1v) is 10.1. The second kappa shape index (κ2) is 9.13. The van der Waals surface area contributed by atoms with Crippen LogP contribution in [0.2, 0.25) is 0 Å². The number of hydrogen-bond acceptors (Lipinski definition) is 4. The topological polar surface area (TPSA) is 43.2 Å². The fourth-order valence-corrected chi connectivity index (χ4v) is 3.78. The molecule has 4 rings (SSSR count). The van der Waals surface area contributed by atoms with Crippen molar-refractivity contribution in [2.45, 2.75) is 45.5 Å². The maximum Gasteiger partial charge on any atom is 0.0703 e. The Labute approximate surface area is 167 Å². The average molecular weight is 377 g/mol. The maximum atomic E-state index is 5.89. The lowest BCUT2D eigenvalue weighted by Gasteiger charge is -2.25.